The molecular weight excluding hydrogens is 270 g/mol. The summed E-state index contributed by atoms with van der Waals surface area (Å²) in [5.41, 5.74) is 1.45. The molecule has 0 aliphatic carbocycles. The van der Waals surface area contributed by atoms with E-state index in [4.69, 9.17) is 0 Å². The van der Waals surface area contributed by atoms with Crippen LogP contribution in [0.15, 0.2) is 47.2 Å². The van der Waals surface area contributed by atoms with Crippen LogP contribution in [0.1, 0.15) is 22.9 Å². The molecule has 98 valence electrons. The summed E-state index contributed by atoms with van der Waals surface area (Å²) in [6.45, 7) is 0. The highest BCUT2D eigenvalue weighted by molar-refractivity contribution is 7.19. The van der Waals surface area contributed by atoms with E-state index in [0.717, 1.165) is 12.8 Å². The smallest absolute Gasteiger partial charge is 0.0415 e. The van der Waals surface area contributed by atoms with Gasteiger partial charge in [-0.3, -0.25) is 0 Å². The average molecular weight is 287 g/mol. The minimum absolute atomic E-state index is 0.456. The van der Waals surface area contributed by atoms with E-state index in [1.54, 1.807) is 11.3 Å². The lowest BCUT2D eigenvalue weighted by Crippen LogP contribution is -2.15. The first kappa shape index (κ1) is 12.9. The van der Waals surface area contributed by atoms with Gasteiger partial charge < -0.3 is 5.32 Å². The molecule has 0 saturated carbocycles. The highest BCUT2D eigenvalue weighted by Crippen LogP contribution is 2.31. The zero-order chi connectivity index (χ0) is 13.1. The zero-order valence-corrected chi connectivity index (χ0v) is 12.6. The minimum atomic E-state index is 0.456. The Bertz CT molecular complexity index is 607. The third-order valence-corrected chi connectivity index (χ3v) is 5.40. The molecule has 0 amide bonds. The lowest BCUT2D eigenvalue weighted by molar-refractivity contribution is 0.558. The number of hydrogen-bond acceptors (Lipinski definition) is 3. The topological polar surface area (TPSA) is 12.0 Å². The van der Waals surface area contributed by atoms with Gasteiger partial charge in [-0.1, -0.05) is 18.2 Å². The fraction of sp³-hybridized carbons (Fsp3) is 0.250. The summed E-state index contributed by atoms with van der Waals surface area (Å²) < 4.78 is 1.38. The van der Waals surface area contributed by atoms with Crippen molar-refractivity contribution in [3.63, 3.8) is 0 Å². The molecule has 0 bridgehead atoms. The van der Waals surface area contributed by atoms with Crippen molar-refractivity contribution in [1.29, 1.82) is 0 Å². The fourth-order valence-electron chi connectivity index (χ4n) is 2.35. The van der Waals surface area contributed by atoms with Crippen molar-refractivity contribution in [3.05, 3.63) is 57.6 Å². The molecule has 3 rings (SSSR count). The lowest BCUT2D eigenvalue weighted by Gasteiger charge is -2.13. The molecule has 19 heavy (non-hydrogen) atoms. The van der Waals surface area contributed by atoms with Gasteiger partial charge in [0.2, 0.25) is 0 Å². The van der Waals surface area contributed by atoms with E-state index in [-0.39, 0.29) is 0 Å². The van der Waals surface area contributed by atoms with Crippen molar-refractivity contribution in [2.45, 2.75) is 18.9 Å². The Labute approximate surface area is 121 Å². The number of hydrogen-bond donors (Lipinski definition) is 1. The van der Waals surface area contributed by atoms with Crippen LogP contribution < -0.4 is 5.32 Å². The van der Waals surface area contributed by atoms with Crippen LogP contribution in [0, 0.1) is 0 Å². The Kier molecular flexibility index (Phi) is 3.97. The van der Waals surface area contributed by atoms with Crippen molar-refractivity contribution in [1.82, 2.24) is 5.32 Å². The van der Waals surface area contributed by atoms with Crippen molar-refractivity contribution in [2.24, 2.45) is 0 Å². The predicted octanol–water partition coefficient (Wildman–Crippen LogP) is 4.86. The number of nitrogens with one attached hydrogen (secondary N) is 1. The Morgan fingerprint density at radius 2 is 2.11 bits per heavy atom. The van der Waals surface area contributed by atoms with Gasteiger partial charge in [-0.2, -0.15) is 11.3 Å². The summed E-state index contributed by atoms with van der Waals surface area (Å²) in [7, 11) is 2.06. The Morgan fingerprint density at radius 3 is 2.84 bits per heavy atom. The van der Waals surface area contributed by atoms with Crippen LogP contribution in [0.4, 0.5) is 0 Å². The molecule has 1 N–H and O–H groups in total. The largest absolute Gasteiger partial charge is 0.312 e. The second-order valence-electron chi connectivity index (χ2n) is 4.70. The van der Waals surface area contributed by atoms with Gasteiger partial charge in [0.05, 0.1) is 0 Å². The molecule has 1 atom stereocenters. The van der Waals surface area contributed by atoms with Gasteiger partial charge in [0.1, 0.15) is 0 Å². The molecule has 2 aromatic heterocycles. The second kappa shape index (κ2) is 5.87. The summed E-state index contributed by atoms with van der Waals surface area (Å²) in [5.74, 6) is 0. The van der Waals surface area contributed by atoms with Gasteiger partial charge in [0.15, 0.2) is 0 Å². The van der Waals surface area contributed by atoms with Crippen LogP contribution in [0.2, 0.25) is 0 Å². The molecule has 0 radical (unpaired) electrons. The fourth-order valence-corrected chi connectivity index (χ4v) is 4.26. The van der Waals surface area contributed by atoms with Crippen LogP contribution in [0.5, 0.6) is 0 Å². The maximum atomic E-state index is 3.46. The van der Waals surface area contributed by atoms with E-state index in [9.17, 15) is 0 Å². The SMILES string of the molecule is CNC(CCc1ccsc1)c1cc2ccccc2s1. The molecule has 0 fully saturated rings. The summed E-state index contributed by atoms with van der Waals surface area (Å²) in [6, 6.07) is 13.6. The van der Waals surface area contributed by atoms with E-state index in [0.29, 0.717) is 6.04 Å². The van der Waals surface area contributed by atoms with Crippen LogP contribution in [-0.4, -0.2) is 7.05 Å². The average Bonchev–Trinajstić information content (AvgIpc) is 3.08. The minimum Gasteiger partial charge on any atom is -0.312 e. The van der Waals surface area contributed by atoms with E-state index in [1.807, 2.05) is 11.3 Å². The quantitative estimate of drug-likeness (QED) is 0.707. The lowest BCUT2D eigenvalue weighted by atomic mass is 10.1. The van der Waals surface area contributed by atoms with Gasteiger partial charge in [0, 0.05) is 15.6 Å². The van der Waals surface area contributed by atoms with Gasteiger partial charge in [-0.05, 0) is 59.8 Å². The third kappa shape index (κ3) is 2.89. The van der Waals surface area contributed by atoms with E-state index in [1.165, 1.54) is 20.5 Å². The summed E-state index contributed by atoms with van der Waals surface area (Å²) in [6.07, 6.45) is 2.29. The van der Waals surface area contributed by atoms with Crippen LogP contribution >= 0.6 is 22.7 Å². The molecule has 0 spiro atoms. The number of fused-ring (bicyclic) bond motifs is 1. The molecule has 0 aliphatic heterocycles. The highest BCUT2D eigenvalue weighted by Gasteiger charge is 2.12. The maximum Gasteiger partial charge on any atom is 0.0415 e. The second-order valence-corrected chi connectivity index (χ2v) is 6.59. The van der Waals surface area contributed by atoms with Crippen molar-refractivity contribution >= 4 is 32.8 Å². The number of thiophene rings is 2. The van der Waals surface area contributed by atoms with Crippen molar-refractivity contribution in [2.75, 3.05) is 7.05 Å². The monoisotopic (exact) mass is 287 g/mol. The van der Waals surface area contributed by atoms with Gasteiger partial charge in [0.25, 0.3) is 0 Å². The number of rotatable bonds is 5. The van der Waals surface area contributed by atoms with E-state index in [2.05, 4.69) is 59.5 Å². The molecular formula is C16H17NS2. The summed E-state index contributed by atoms with van der Waals surface area (Å²) in [5, 5.41) is 9.22. The van der Waals surface area contributed by atoms with Crippen LogP contribution in [-0.2, 0) is 6.42 Å². The number of benzene rings is 1. The van der Waals surface area contributed by atoms with Crippen molar-refractivity contribution in [3.8, 4) is 0 Å². The molecule has 1 nitrogen and oxygen atoms in total. The van der Waals surface area contributed by atoms with Gasteiger partial charge in [-0.25, -0.2) is 0 Å². The Hall–Kier alpha value is -1.16. The molecule has 1 aromatic carbocycles. The Morgan fingerprint density at radius 1 is 1.21 bits per heavy atom. The number of aryl methyl sites for hydroxylation is 1. The Balaban J connectivity index is 1.77. The third-order valence-electron chi connectivity index (χ3n) is 3.44. The molecule has 3 aromatic rings. The van der Waals surface area contributed by atoms with Crippen LogP contribution in [0.25, 0.3) is 10.1 Å². The first-order chi connectivity index (χ1) is 9.36. The van der Waals surface area contributed by atoms with E-state index < -0.39 is 0 Å². The molecule has 3 heteroatoms. The normalized spacial score (nSPS) is 12.9. The van der Waals surface area contributed by atoms with Crippen molar-refractivity contribution < 1.29 is 0 Å². The first-order valence-electron chi connectivity index (χ1n) is 6.53. The first-order valence-corrected chi connectivity index (χ1v) is 8.29. The molecule has 0 aliphatic rings. The predicted molar refractivity (Wildman–Crippen MR) is 86.3 cm³/mol. The van der Waals surface area contributed by atoms with Gasteiger partial charge >= 0.3 is 0 Å². The summed E-state index contributed by atoms with van der Waals surface area (Å²) >= 11 is 3.69. The van der Waals surface area contributed by atoms with E-state index >= 15 is 0 Å². The molecule has 2 heterocycles. The molecule has 1 unspecified atom stereocenters. The summed E-state index contributed by atoms with van der Waals surface area (Å²) in [4.78, 5) is 1.44. The molecule has 0 saturated heterocycles. The zero-order valence-electron chi connectivity index (χ0n) is 10.9. The maximum absolute atomic E-state index is 3.46. The van der Waals surface area contributed by atoms with Gasteiger partial charge in [-0.15, -0.1) is 11.3 Å². The standard InChI is InChI=1S/C16H17NS2/c1-17-14(7-6-12-8-9-18-11-12)16-10-13-4-2-3-5-15(13)19-16/h2-5,8-11,14,17H,6-7H2,1H3. The van der Waals surface area contributed by atoms with Crippen LogP contribution in [0.3, 0.4) is 0 Å². The highest BCUT2D eigenvalue weighted by atomic mass is 32.1.